The zero-order valence-corrected chi connectivity index (χ0v) is 16.2. The number of aromatic nitrogens is 2. The van der Waals surface area contributed by atoms with E-state index in [1.807, 2.05) is 22.9 Å². The highest BCUT2D eigenvalue weighted by molar-refractivity contribution is 5.95. The molecule has 1 N–H and O–H groups in total. The minimum Gasteiger partial charge on any atom is -0.346 e. The van der Waals surface area contributed by atoms with E-state index in [4.69, 9.17) is 0 Å². The molecule has 0 unspecified atom stereocenters. The lowest BCUT2D eigenvalue weighted by Crippen LogP contribution is -2.59. The summed E-state index contributed by atoms with van der Waals surface area (Å²) in [6, 6.07) is 10.3. The van der Waals surface area contributed by atoms with Gasteiger partial charge in [-0.3, -0.25) is 9.48 Å². The molecule has 0 spiro atoms. The highest BCUT2D eigenvalue weighted by atomic mass is 16.1. The van der Waals surface area contributed by atoms with Crippen molar-refractivity contribution < 1.29 is 4.79 Å². The van der Waals surface area contributed by atoms with Gasteiger partial charge in [-0.15, -0.1) is 0 Å². The number of nitrogens with one attached hydrogen (secondary N) is 1. The molecular weight excluding hydrogens is 334 g/mol. The van der Waals surface area contributed by atoms with E-state index in [1.165, 1.54) is 44.1 Å². The number of amides is 1. The van der Waals surface area contributed by atoms with E-state index in [1.54, 1.807) is 6.20 Å². The van der Waals surface area contributed by atoms with Crippen LogP contribution < -0.4 is 5.32 Å². The number of carbonyl (C=O) groups excluding carboxylic acids is 1. The van der Waals surface area contributed by atoms with E-state index in [2.05, 4.69) is 29.5 Å². The minimum atomic E-state index is 0.0539. The van der Waals surface area contributed by atoms with Gasteiger partial charge in [0.1, 0.15) is 0 Å². The van der Waals surface area contributed by atoms with Gasteiger partial charge in [-0.2, -0.15) is 5.10 Å². The molecule has 6 rings (SSSR count). The molecular formula is C23H29N3O. The fourth-order valence-electron chi connectivity index (χ4n) is 6.44. The summed E-state index contributed by atoms with van der Waals surface area (Å²) in [7, 11) is 0. The van der Waals surface area contributed by atoms with Gasteiger partial charge in [0.2, 0.25) is 0 Å². The molecule has 4 aliphatic rings. The van der Waals surface area contributed by atoms with Crippen LogP contribution in [0.15, 0.2) is 36.5 Å². The Balaban J connectivity index is 1.36. The first-order valence-electron chi connectivity index (χ1n) is 10.6. The standard InChI is InChI=1S/C23H29N3O/c1-2-21-20(14-24-26(21)15-16-6-4-3-5-7-16)22(27)25-23-11-17-8-18(12-23)10-19(9-17)13-23/h3-7,14,17-19H,2,8-13,15H2,1H3,(H,25,27). The highest BCUT2D eigenvalue weighted by Crippen LogP contribution is 2.55. The second kappa shape index (κ2) is 6.50. The SMILES string of the molecule is CCc1c(C(=O)NC23CC4CC(CC(C4)C2)C3)cnn1Cc1ccccc1. The van der Waals surface area contributed by atoms with Crippen LogP contribution in [-0.4, -0.2) is 21.2 Å². The van der Waals surface area contributed by atoms with Crippen molar-refractivity contribution in [1.29, 1.82) is 0 Å². The normalized spacial score (nSPS) is 31.2. The molecule has 27 heavy (non-hydrogen) atoms. The first-order chi connectivity index (χ1) is 13.1. The average Bonchev–Trinajstić information content (AvgIpc) is 3.03. The van der Waals surface area contributed by atoms with Crippen LogP contribution in [-0.2, 0) is 13.0 Å². The Morgan fingerprint density at radius 2 is 1.74 bits per heavy atom. The van der Waals surface area contributed by atoms with Crippen LogP contribution in [0.2, 0.25) is 0 Å². The Morgan fingerprint density at radius 3 is 2.33 bits per heavy atom. The summed E-state index contributed by atoms with van der Waals surface area (Å²) < 4.78 is 1.99. The summed E-state index contributed by atoms with van der Waals surface area (Å²) in [5.41, 5.74) is 3.08. The first-order valence-corrected chi connectivity index (χ1v) is 10.6. The monoisotopic (exact) mass is 363 g/mol. The Bertz CT molecular complexity index is 803. The smallest absolute Gasteiger partial charge is 0.255 e. The van der Waals surface area contributed by atoms with Gasteiger partial charge in [-0.1, -0.05) is 37.3 Å². The van der Waals surface area contributed by atoms with Gasteiger partial charge in [0.15, 0.2) is 0 Å². The molecule has 0 atom stereocenters. The molecule has 4 aliphatic carbocycles. The third-order valence-electron chi connectivity index (χ3n) is 7.12. The van der Waals surface area contributed by atoms with Crippen LogP contribution in [0, 0.1) is 17.8 Å². The summed E-state index contributed by atoms with van der Waals surface area (Å²) in [4.78, 5) is 13.2. The Morgan fingerprint density at radius 1 is 1.11 bits per heavy atom. The van der Waals surface area contributed by atoms with Crippen LogP contribution in [0.1, 0.15) is 67.1 Å². The molecule has 1 aromatic heterocycles. The average molecular weight is 364 g/mol. The van der Waals surface area contributed by atoms with Crippen LogP contribution in [0.4, 0.5) is 0 Å². The summed E-state index contributed by atoms with van der Waals surface area (Å²) in [5.74, 6) is 2.60. The number of hydrogen-bond donors (Lipinski definition) is 1. The lowest BCUT2D eigenvalue weighted by molar-refractivity contribution is -0.0167. The molecule has 4 nitrogen and oxygen atoms in total. The van der Waals surface area contributed by atoms with Gasteiger partial charge in [-0.05, 0) is 68.3 Å². The molecule has 1 aromatic carbocycles. The fraction of sp³-hybridized carbons (Fsp3) is 0.565. The molecule has 4 bridgehead atoms. The largest absolute Gasteiger partial charge is 0.346 e. The van der Waals surface area contributed by atoms with E-state index in [0.717, 1.165) is 35.4 Å². The van der Waals surface area contributed by atoms with Gasteiger partial charge in [0.05, 0.1) is 24.0 Å². The van der Waals surface area contributed by atoms with Crippen molar-refractivity contribution in [1.82, 2.24) is 15.1 Å². The predicted molar refractivity (Wildman–Crippen MR) is 106 cm³/mol. The minimum absolute atomic E-state index is 0.0539. The van der Waals surface area contributed by atoms with Gasteiger partial charge in [0, 0.05) is 5.54 Å². The van der Waals surface area contributed by atoms with Gasteiger partial charge >= 0.3 is 0 Å². The molecule has 142 valence electrons. The Labute approximate surface area is 161 Å². The van der Waals surface area contributed by atoms with E-state index >= 15 is 0 Å². The topological polar surface area (TPSA) is 46.9 Å². The van der Waals surface area contributed by atoms with E-state index in [-0.39, 0.29) is 11.4 Å². The molecule has 0 saturated heterocycles. The third kappa shape index (κ3) is 3.09. The summed E-state index contributed by atoms with van der Waals surface area (Å²) in [6.07, 6.45) is 10.3. The van der Waals surface area contributed by atoms with E-state index in [0.29, 0.717) is 6.54 Å². The maximum atomic E-state index is 13.2. The van der Waals surface area contributed by atoms with Gasteiger partial charge in [-0.25, -0.2) is 0 Å². The van der Waals surface area contributed by atoms with Crippen LogP contribution in [0.3, 0.4) is 0 Å². The summed E-state index contributed by atoms with van der Waals surface area (Å²) in [6.45, 7) is 2.83. The van der Waals surface area contributed by atoms with Crippen molar-refractivity contribution in [3.63, 3.8) is 0 Å². The number of nitrogens with zero attached hydrogens (tertiary/aromatic N) is 2. The van der Waals surface area contributed by atoms with Gasteiger partial charge in [0.25, 0.3) is 5.91 Å². The highest BCUT2D eigenvalue weighted by Gasteiger charge is 2.51. The zero-order chi connectivity index (χ0) is 18.4. The van der Waals surface area contributed by atoms with E-state index in [9.17, 15) is 4.79 Å². The maximum absolute atomic E-state index is 13.2. The first kappa shape index (κ1) is 17.0. The summed E-state index contributed by atoms with van der Waals surface area (Å²) in [5, 5.41) is 8.05. The maximum Gasteiger partial charge on any atom is 0.255 e. The van der Waals surface area contributed by atoms with Crippen LogP contribution >= 0.6 is 0 Å². The van der Waals surface area contributed by atoms with Crippen molar-refractivity contribution in [2.45, 2.75) is 64.0 Å². The van der Waals surface area contributed by atoms with E-state index < -0.39 is 0 Å². The predicted octanol–water partition coefficient (Wildman–Crippen LogP) is 4.19. The number of benzene rings is 1. The van der Waals surface area contributed by atoms with Crippen molar-refractivity contribution >= 4 is 5.91 Å². The molecule has 0 aliphatic heterocycles. The Hall–Kier alpha value is -2.10. The zero-order valence-electron chi connectivity index (χ0n) is 16.2. The van der Waals surface area contributed by atoms with Gasteiger partial charge < -0.3 is 5.32 Å². The second-order valence-corrected chi connectivity index (χ2v) is 9.15. The van der Waals surface area contributed by atoms with Crippen molar-refractivity contribution in [2.75, 3.05) is 0 Å². The molecule has 2 aromatic rings. The number of rotatable bonds is 5. The lowest BCUT2D eigenvalue weighted by atomic mass is 9.53. The lowest BCUT2D eigenvalue weighted by Gasteiger charge is -2.56. The number of carbonyl (C=O) groups is 1. The quantitative estimate of drug-likeness (QED) is 0.866. The van der Waals surface area contributed by atoms with Crippen LogP contribution in [0.25, 0.3) is 0 Å². The molecule has 0 radical (unpaired) electrons. The molecule has 4 fully saturated rings. The summed E-state index contributed by atoms with van der Waals surface area (Å²) >= 11 is 0. The fourth-order valence-corrected chi connectivity index (χ4v) is 6.44. The number of hydrogen-bond acceptors (Lipinski definition) is 2. The Kier molecular flexibility index (Phi) is 4.10. The van der Waals surface area contributed by atoms with Crippen LogP contribution in [0.5, 0.6) is 0 Å². The van der Waals surface area contributed by atoms with Crippen molar-refractivity contribution in [2.24, 2.45) is 17.8 Å². The third-order valence-corrected chi connectivity index (χ3v) is 7.12. The molecule has 1 heterocycles. The van der Waals surface area contributed by atoms with Crippen molar-refractivity contribution in [3.8, 4) is 0 Å². The van der Waals surface area contributed by atoms with Crippen molar-refractivity contribution in [3.05, 3.63) is 53.3 Å². The molecule has 4 heteroatoms. The molecule has 4 saturated carbocycles. The molecule has 1 amide bonds. The second-order valence-electron chi connectivity index (χ2n) is 9.15.